The number of hydrogen-bond acceptors (Lipinski definition) is 4. The molecular weight excluding hydrogens is 451 g/mol. The van der Waals surface area contributed by atoms with E-state index in [0.29, 0.717) is 22.4 Å². The van der Waals surface area contributed by atoms with Gasteiger partial charge in [0.2, 0.25) is 5.76 Å². The molecule has 148 valence electrons. The Labute approximate surface area is 178 Å². The van der Waals surface area contributed by atoms with Crippen molar-refractivity contribution < 1.29 is 13.6 Å². The van der Waals surface area contributed by atoms with E-state index in [2.05, 4.69) is 20.9 Å². The number of benzene rings is 2. The van der Waals surface area contributed by atoms with Crippen LogP contribution in [0.4, 0.5) is 10.2 Å². The maximum absolute atomic E-state index is 13.6. The fraction of sp³-hybridized carbons (Fsp3) is 0.0870. The number of anilines is 1. The number of halogens is 2. The molecule has 1 amide bonds. The third kappa shape index (κ3) is 2.85. The van der Waals surface area contributed by atoms with Gasteiger partial charge in [-0.15, -0.1) is 0 Å². The summed E-state index contributed by atoms with van der Waals surface area (Å²) < 4.78 is 20.2. The molecule has 0 radical (unpaired) electrons. The predicted molar refractivity (Wildman–Crippen MR) is 114 cm³/mol. The van der Waals surface area contributed by atoms with Crippen LogP contribution in [-0.2, 0) is 0 Å². The number of carbonyl (C=O) groups is 1. The van der Waals surface area contributed by atoms with Gasteiger partial charge in [-0.05, 0) is 54.4 Å². The smallest absolute Gasteiger partial charge is 0.296 e. The Morgan fingerprint density at radius 2 is 1.83 bits per heavy atom. The number of amides is 1. The molecule has 2 aromatic heterocycles. The van der Waals surface area contributed by atoms with Crippen molar-refractivity contribution in [1.82, 2.24) is 4.98 Å². The molecule has 30 heavy (non-hydrogen) atoms. The molecule has 0 spiro atoms. The molecule has 5 rings (SSSR count). The summed E-state index contributed by atoms with van der Waals surface area (Å²) in [4.78, 5) is 32.6. The maximum Gasteiger partial charge on any atom is 0.296 e. The number of carbonyl (C=O) groups excluding carboxylic acids is 1. The molecule has 1 aliphatic heterocycles. The molecule has 0 N–H and O–H groups in total. The van der Waals surface area contributed by atoms with Crippen molar-refractivity contribution >= 4 is 38.6 Å². The van der Waals surface area contributed by atoms with E-state index in [0.717, 1.165) is 10.0 Å². The number of aromatic nitrogens is 1. The second-order valence-electron chi connectivity index (χ2n) is 7.14. The first kappa shape index (κ1) is 18.7. The summed E-state index contributed by atoms with van der Waals surface area (Å²) in [6.07, 6.45) is 1.65. The molecule has 0 saturated heterocycles. The first-order valence-electron chi connectivity index (χ1n) is 9.22. The number of aryl methyl sites for hydroxylation is 1. The van der Waals surface area contributed by atoms with Crippen LogP contribution in [0, 0.1) is 12.7 Å². The van der Waals surface area contributed by atoms with Gasteiger partial charge in [-0.1, -0.05) is 34.1 Å². The lowest BCUT2D eigenvalue weighted by molar-refractivity contribution is 0.0970. The van der Waals surface area contributed by atoms with Gasteiger partial charge in [0.05, 0.1) is 17.0 Å². The highest BCUT2D eigenvalue weighted by Crippen LogP contribution is 2.40. The molecule has 0 aliphatic carbocycles. The minimum absolute atomic E-state index is 0.0217. The van der Waals surface area contributed by atoms with E-state index >= 15 is 0 Å². The van der Waals surface area contributed by atoms with Crippen molar-refractivity contribution in [2.45, 2.75) is 13.0 Å². The average molecular weight is 465 g/mol. The second-order valence-corrected chi connectivity index (χ2v) is 8.05. The third-order valence-electron chi connectivity index (χ3n) is 5.16. The van der Waals surface area contributed by atoms with Crippen LogP contribution < -0.4 is 10.3 Å². The highest BCUT2D eigenvalue weighted by Gasteiger charge is 2.44. The first-order chi connectivity index (χ1) is 14.4. The van der Waals surface area contributed by atoms with Crippen molar-refractivity contribution in [2.75, 3.05) is 4.90 Å². The van der Waals surface area contributed by atoms with Crippen LogP contribution in [0.2, 0.25) is 0 Å². The minimum atomic E-state index is -0.775. The predicted octanol–water partition coefficient (Wildman–Crippen LogP) is 5.15. The zero-order valence-corrected chi connectivity index (χ0v) is 17.3. The summed E-state index contributed by atoms with van der Waals surface area (Å²) in [5.74, 6) is -0.502. The largest absolute Gasteiger partial charge is 0.450 e. The third-order valence-corrected chi connectivity index (χ3v) is 5.65. The van der Waals surface area contributed by atoms with Gasteiger partial charge in [-0.25, -0.2) is 9.37 Å². The SMILES string of the molecule is Cc1ccc(N2C(=O)c3oc4ccc(Br)cc4c(=O)c3C2c2ccc(F)cc2)nc1. The Morgan fingerprint density at radius 3 is 2.53 bits per heavy atom. The van der Waals surface area contributed by atoms with Gasteiger partial charge in [-0.2, -0.15) is 0 Å². The van der Waals surface area contributed by atoms with Gasteiger partial charge in [-0.3, -0.25) is 14.5 Å². The summed E-state index contributed by atoms with van der Waals surface area (Å²) in [5, 5.41) is 0.363. The van der Waals surface area contributed by atoms with Crippen LogP contribution >= 0.6 is 15.9 Å². The fourth-order valence-corrected chi connectivity index (χ4v) is 4.11. The average Bonchev–Trinajstić information content (AvgIpc) is 3.03. The van der Waals surface area contributed by atoms with Crippen molar-refractivity contribution in [3.63, 3.8) is 0 Å². The standard InChI is InChI=1S/C23H14BrFN2O3/c1-12-2-9-18(26-11-12)27-20(13-3-6-15(25)7-4-13)19-21(28)16-10-14(24)5-8-17(16)30-22(19)23(27)29/h2-11,20H,1H3. The molecule has 0 fully saturated rings. The fourth-order valence-electron chi connectivity index (χ4n) is 3.74. The number of rotatable bonds is 2. The Balaban J connectivity index is 1.81. The topological polar surface area (TPSA) is 63.4 Å². The normalized spacial score (nSPS) is 15.6. The van der Waals surface area contributed by atoms with E-state index in [-0.39, 0.29) is 16.8 Å². The first-order valence-corrected chi connectivity index (χ1v) is 10.0. The summed E-state index contributed by atoms with van der Waals surface area (Å²) in [6.45, 7) is 1.89. The quantitative estimate of drug-likeness (QED) is 0.411. The van der Waals surface area contributed by atoms with E-state index in [9.17, 15) is 14.0 Å². The Bertz CT molecular complexity index is 1360. The van der Waals surface area contributed by atoms with E-state index in [4.69, 9.17) is 4.42 Å². The Kier molecular flexibility index (Phi) is 4.29. The van der Waals surface area contributed by atoms with Gasteiger partial charge in [0.15, 0.2) is 5.43 Å². The van der Waals surface area contributed by atoms with E-state index in [1.807, 2.05) is 13.0 Å². The van der Waals surface area contributed by atoms with Crippen molar-refractivity contribution in [2.24, 2.45) is 0 Å². The highest BCUT2D eigenvalue weighted by atomic mass is 79.9. The summed E-state index contributed by atoms with van der Waals surface area (Å²) in [7, 11) is 0. The Morgan fingerprint density at radius 1 is 1.07 bits per heavy atom. The number of fused-ring (bicyclic) bond motifs is 2. The van der Waals surface area contributed by atoms with Crippen LogP contribution in [0.15, 0.2) is 74.5 Å². The van der Waals surface area contributed by atoms with Gasteiger partial charge < -0.3 is 4.42 Å². The van der Waals surface area contributed by atoms with E-state index < -0.39 is 17.8 Å². The van der Waals surface area contributed by atoms with Gasteiger partial charge in [0.1, 0.15) is 17.2 Å². The monoisotopic (exact) mass is 464 g/mol. The number of nitrogens with zero attached hydrogens (tertiary/aromatic N) is 2. The minimum Gasteiger partial charge on any atom is -0.450 e. The molecule has 0 bridgehead atoms. The van der Waals surface area contributed by atoms with Crippen LogP contribution in [0.5, 0.6) is 0 Å². The second kappa shape index (κ2) is 6.88. The van der Waals surface area contributed by atoms with Gasteiger partial charge in [0.25, 0.3) is 5.91 Å². The van der Waals surface area contributed by atoms with Crippen molar-refractivity contribution in [3.05, 3.63) is 104 Å². The molecule has 1 atom stereocenters. The zero-order chi connectivity index (χ0) is 21.0. The molecule has 4 aromatic rings. The molecule has 1 unspecified atom stereocenters. The molecule has 5 nitrogen and oxygen atoms in total. The maximum atomic E-state index is 13.6. The molecule has 2 aromatic carbocycles. The van der Waals surface area contributed by atoms with Crippen LogP contribution in [0.1, 0.15) is 33.3 Å². The van der Waals surface area contributed by atoms with E-state index in [1.54, 1.807) is 42.6 Å². The van der Waals surface area contributed by atoms with Gasteiger partial charge >= 0.3 is 0 Å². The lowest BCUT2D eigenvalue weighted by atomic mass is 9.98. The Hall–Kier alpha value is -3.32. The van der Waals surface area contributed by atoms with E-state index in [1.165, 1.54) is 17.0 Å². The number of hydrogen-bond donors (Lipinski definition) is 0. The molecule has 3 heterocycles. The molecule has 7 heteroatoms. The molecular formula is C23H14BrFN2O3. The van der Waals surface area contributed by atoms with Crippen molar-refractivity contribution in [3.8, 4) is 0 Å². The molecule has 1 aliphatic rings. The zero-order valence-electron chi connectivity index (χ0n) is 15.7. The van der Waals surface area contributed by atoms with Crippen molar-refractivity contribution in [1.29, 1.82) is 0 Å². The van der Waals surface area contributed by atoms with Crippen LogP contribution in [0.25, 0.3) is 11.0 Å². The van der Waals surface area contributed by atoms with Gasteiger partial charge in [0, 0.05) is 10.7 Å². The highest BCUT2D eigenvalue weighted by molar-refractivity contribution is 9.10. The lowest BCUT2D eigenvalue weighted by Gasteiger charge is -2.24. The molecule has 0 saturated carbocycles. The van der Waals surface area contributed by atoms with Crippen LogP contribution in [-0.4, -0.2) is 10.9 Å². The summed E-state index contributed by atoms with van der Waals surface area (Å²) >= 11 is 3.37. The summed E-state index contributed by atoms with van der Waals surface area (Å²) in [5.41, 5.74) is 1.77. The number of pyridine rings is 1. The summed E-state index contributed by atoms with van der Waals surface area (Å²) in [6, 6.07) is 13.6. The van der Waals surface area contributed by atoms with Crippen LogP contribution in [0.3, 0.4) is 0 Å². The lowest BCUT2D eigenvalue weighted by Crippen LogP contribution is -2.30.